The lowest BCUT2D eigenvalue weighted by molar-refractivity contribution is 0.127. The van der Waals surface area contributed by atoms with E-state index in [0.717, 1.165) is 23.8 Å². The van der Waals surface area contributed by atoms with Crippen molar-refractivity contribution in [3.63, 3.8) is 0 Å². The molecule has 0 bridgehead atoms. The number of rotatable bonds is 6. The lowest BCUT2D eigenvalue weighted by Crippen LogP contribution is -2.46. The molecule has 124 valence electrons. The third-order valence-corrected chi connectivity index (χ3v) is 5.87. The predicted octanol–water partition coefficient (Wildman–Crippen LogP) is 4.16. The summed E-state index contributed by atoms with van der Waals surface area (Å²) in [7, 11) is 0. The third-order valence-electron chi connectivity index (χ3n) is 5.87. The molecule has 2 nitrogen and oxygen atoms in total. The first-order valence-electron chi connectivity index (χ1n) is 9.37. The molecule has 1 saturated carbocycles. The maximum atomic E-state index is 3.85. The van der Waals surface area contributed by atoms with Crippen LogP contribution in [-0.4, -0.2) is 37.1 Å². The molecular weight excluding hydrogens is 256 g/mol. The molecule has 0 spiro atoms. The van der Waals surface area contributed by atoms with Crippen LogP contribution in [0.1, 0.15) is 66.7 Å². The SMILES string of the molecule is CCCNC1CCC(C(C)C)CC1CN1CCC(C)(C)C1. The first-order chi connectivity index (χ1) is 9.91. The van der Waals surface area contributed by atoms with Crippen molar-refractivity contribution in [2.24, 2.45) is 23.2 Å². The molecule has 3 atom stereocenters. The summed E-state index contributed by atoms with van der Waals surface area (Å²) in [4.78, 5) is 2.74. The standard InChI is InChI=1S/C19H38N2/c1-6-10-20-18-8-7-16(15(2)3)12-17(18)13-21-11-9-19(4,5)14-21/h15-18,20H,6-14H2,1-5H3. The number of nitrogens with one attached hydrogen (secondary N) is 1. The lowest BCUT2D eigenvalue weighted by Gasteiger charge is -2.40. The van der Waals surface area contributed by atoms with Gasteiger partial charge in [-0.3, -0.25) is 0 Å². The van der Waals surface area contributed by atoms with Gasteiger partial charge in [0.05, 0.1) is 0 Å². The van der Waals surface area contributed by atoms with Gasteiger partial charge in [0.1, 0.15) is 0 Å². The predicted molar refractivity (Wildman–Crippen MR) is 92.6 cm³/mol. The highest BCUT2D eigenvalue weighted by molar-refractivity contribution is 4.90. The first kappa shape index (κ1) is 17.3. The Bertz CT molecular complexity index is 311. The fourth-order valence-corrected chi connectivity index (χ4v) is 4.42. The Labute approximate surface area is 133 Å². The summed E-state index contributed by atoms with van der Waals surface area (Å²) in [6.45, 7) is 17.1. The summed E-state index contributed by atoms with van der Waals surface area (Å²) in [6.07, 6.45) is 6.90. The van der Waals surface area contributed by atoms with Crippen LogP contribution in [0.4, 0.5) is 0 Å². The van der Waals surface area contributed by atoms with E-state index in [-0.39, 0.29) is 0 Å². The highest BCUT2D eigenvalue weighted by atomic mass is 15.2. The summed E-state index contributed by atoms with van der Waals surface area (Å²) in [5, 5.41) is 3.85. The van der Waals surface area contributed by atoms with E-state index in [1.54, 1.807) is 0 Å². The van der Waals surface area contributed by atoms with Crippen molar-refractivity contribution in [1.29, 1.82) is 0 Å². The number of hydrogen-bond acceptors (Lipinski definition) is 2. The zero-order valence-corrected chi connectivity index (χ0v) is 15.1. The molecule has 1 N–H and O–H groups in total. The van der Waals surface area contributed by atoms with Crippen molar-refractivity contribution in [2.75, 3.05) is 26.2 Å². The molecule has 0 aromatic heterocycles. The summed E-state index contributed by atoms with van der Waals surface area (Å²) in [5.41, 5.74) is 0.540. The fraction of sp³-hybridized carbons (Fsp3) is 1.00. The average molecular weight is 295 g/mol. The molecule has 0 aromatic carbocycles. The van der Waals surface area contributed by atoms with Gasteiger partial charge in [0.15, 0.2) is 0 Å². The largest absolute Gasteiger partial charge is 0.314 e. The van der Waals surface area contributed by atoms with Crippen molar-refractivity contribution in [2.45, 2.75) is 72.8 Å². The molecule has 2 rings (SSSR count). The van der Waals surface area contributed by atoms with Gasteiger partial charge in [0.2, 0.25) is 0 Å². The minimum Gasteiger partial charge on any atom is -0.314 e. The van der Waals surface area contributed by atoms with Gasteiger partial charge in [-0.2, -0.15) is 0 Å². The maximum absolute atomic E-state index is 3.85. The highest BCUT2D eigenvalue weighted by Crippen LogP contribution is 2.36. The molecule has 0 radical (unpaired) electrons. The van der Waals surface area contributed by atoms with Crippen molar-refractivity contribution < 1.29 is 0 Å². The van der Waals surface area contributed by atoms with E-state index in [4.69, 9.17) is 0 Å². The Morgan fingerprint density at radius 1 is 1.24 bits per heavy atom. The molecule has 1 aliphatic carbocycles. The second-order valence-electron chi connectivity index (χ2n) is 8.79. The van der Waals surface area contributed by atoms with E-state index in [0.29, 0.717) is 5.41 Å². The highest BCUT2D eigenvalue weighted by Gasteiger charge is 2.35. The molecule has 1 aliphatic heterocycles. The van der Waals surface area contributed by atoms with Crippen LogP contribution < -0.4 is 5.32 Å². The van der Waals surface area contributed by atoms with Gasteiger partial charge in [0, 0.05) is 19.1 Å². The Hall–Kier alpha value is -0.0800. The number of likely N-dealkylation sites (tertiary alicyclic amines) is 1. The van der Waals surface area contributed by atoms with Crippen LogP contribution in [0.3, 0.4) is 0 Å². The Balaban J connectivity index is 1.92. The Morgan fingerprint density at radius 3 is 2.57 bits per heavy atom. The minimum absolute atomic E-state index is 0.540. The molecule has 1 heterocycles. The van der Waals surface area contributed by atoms with Crippen LogP contribution in [0.25, 0.3) is 0 Å². The van der Waals surface area contributed by atoms with Gasteiger partial charge in [-0.05, 0) is 68.4 Å². The molecule has 3 unspecified atom stereocenters. The lowest BCUT2D eigenvalue weighted by atomic mass is 9.73. The van der Waals surface area contributed by atoms with Crippen molar-refractivity contribution >= 4 is 0 Å². The van der Waals surface area contributed by atoms with Crippen LogP contribution in [0.5, 0.6) is 0 Å². The van der Waals surface area contributed by atoms with Gasteiger partial charge in [0.25, 0.3) is 0 Å². The molecule has 0 aromatic rings. The van der Waals surface area contributed by atoms with E-state index in [1.165, 1.54) is 58.3 Å². The zero-order valence-electron chi connectivity index (χ0n) is 15.1. The van der Waals surface area contributed by atoms with Crippen molar-refractivity contribution in [3.8, 4) is 0 Å². The first-order valence-corrected chi connectivity index (χ1v) is 9.37. The third kappa shape index (κ3) is 4.96. The second kappa shape index (κ2) is 7.46. The second-order valence-corrected chi connectivity index (χ2v) is 8.79. The summed E-state index contributed by atoms with van der Waals surface area (Å²) in [5.74, 6) is 2.67. The molecule has 2 fully saturated rings. The number of hydrogen-bond donors (Lipinski definition) is 1. The number of nitrogens with zero attached hydrogens (tertiary/aromatic N) is 1. The fourth-order valence-electron chi connectivity index (χ4n) is 4.42. The summed E-state index contributed by atoms with van der Waals surface area (Å²) < 4.78 is 0. The Morgan fingerprint density at radius 2 is 2.00 bits per heavy atom. The van der Waals surface area contributed by atoms with Gasteiger partial charge in [-0.15, -0.1) is 0 Å². The van der Waals surface area contributed by atoms with Crippen molar-refractivity contribution in [1.82, 2.24) is 10.2 Å². The molecule has 21 heavy (non-hydrogen) atoms. The van der Waals surface area contributed by atoms with Crippen LogP contribution in [0.15, 0.2) is 0 Å². The van der Waals surface area contributed by atoms with Gasteiger partial charge >= 0.3 is 0 Å². The van der Waals surface area contributed by atoms with Gasteiger partial charge < -0.3 is 10.2 Å². The van der Waals surface area contributed by atoms with Crippen molar-refractivity contribution in [3.05, 3.63) is 0 Å². The molecule has 2 aliphatic rings. The Kier molecular flexibility index (Phi) is 6.14. The zero-order chi connectivity index (χ0) is 15.5. The van der Waals surface area contributed by atoms with Crippen LogP contribution in [-0.2, 0) is 0 Å². The molecule has 0 amide bonds. The van der Waals surface area contributed by atoms with E-state index >= 15 is 0 Å². The van der Waals surface area contributed by atoms with E-state index in [9.17, 15) is 0 Å². The van der Waals surface area contributed by atoms with Gasteiger partial charge in [-0.1, -0.05) is 34.6 Å². The van der Waals surface area contributed by atoms with Crippen LogP contribution in [0, 0.1) is 23.2 Å². The smallest absolute Gasteiger partial charge is 0.0108 e. The van der Waals surface area contributed by atoms with E-state index in [2.05, 4.69) is 44.8 Å². The quantitative estimate of drug-likeness (QED) is 0.791. The topological polar surface area (TPSA) is 15.3 Å². The molecule has 2 heteroatoms. The maximum Gasteiger partial charge on any atom is 0.0108 e. The van der Waals surface area contributed by atoms with Gasteiger partial charge in [-0.25, -0.2) is 0 Å². The average Bonchev–Trinajstić information content (AvgIpc) is 2.76. The van der Waals surface area contributed by atoms with E-state index < -0.39 is 0 Å². The summed E-state index contributed by atoms with van der Waals surface area (Å²) in [6, 6.07) is 0.767. The molecule has 1 saturated heterocycles. The van der Waals surface area contributed by atoms with Crippen LogP contribution >= 0.6 is 0 Å². The normalized spacial score (nSPS) is 33.7. The monoisotopic (exact) mass is 294 g/mol. The van der Waals surface area contributed by atoms with Crippen LogP contribution in [0.2, 0.25) is 0 Å². The summed E-state index contributed by atoms with van der Waals surface area (Å²) >= 11 is 0. The minimum atomic E-state index is 0.540. The van der Waals surface area contributed by atoms with E-state index in [1.807, 2.05) is 0 Å². The molecular formula is C19H38N2.